The summed E-state index contributed by atoms with van der Waals surface area (Å²) in [5.74, 6) is 0.0353. The highest BCUT2D eigenvalue weighted by atomic mass is 32.1. The largest absolute Gasteiger partial charge is 0.348 e. The summed E-state index contributed by atoms with van der Waals surface area (Å²) in [6, 6.07) is 3.62. The Bertz CT molecular complexity index is 637. The molecule has 1 amide bonds. The first-order valence-corrected chi connectivity index (χ1v) is 9.01. The smallest absolute Gasteiger partial charge is 0.242 e. The highest BCUT2D eigenvalue weighted by Crippen LogP contribution is 2.25. The van der Waals surface area contributed by atoms with Crippen molar-refractivity contribution in [3.63, 3.8) is 0 Å². The molecule has 1 aliphatic heterocycles. The number of aromatic nitrogens is 2. The number of pyridine rings is 1. The lowest BCUT2D eigenvalue weighted by Crippen LogP contribution is -2.39. The lowest BCUT2D eigenvalue weighted by atomic mass is 10.1. The van der Waals surface area contributed by atoms with Crippen LogP contribution < -0.4 is 5.32 Å². The van der Waals surface area contributed by atoms with Crippen molar-refractivity contribution in [2.45, 2.75) is 38.8 Å². The topological polar surface area (TPSA) is 58.1 Å². The third-order valence-corrected chi connectivity index (χ3v) is 5.03. The van der Waals surface area contributed by atoms with Gasteiger partial charge >= 0.3 is 0 Å². The molecule has 0 spiro atoms. The molecule has 0 unspecified atom stereocenters. The van der Waals surface area contributed by atoms with Gasteiger partial charge in [-0.2, -0.15) is 0 Å². The molecule has 6 heteroatoms. The molecule has 1 atom stereocenters. The average molecular weight is 330 g/mol. The number of nitrogens with one attached hydrogen (secondary N) is 1. The van der Waals surface area contributed by atoms with Gasteiger partial charge in [0.05, 0.1) is 12.2 Å². The minimum absolute atomic E-state index is 0.0353. The van der Waals surface area contributed by atoms with Gasteiger partial charge in [0.2, 0.25) is 5.91 Å². The lowest BCUT2D eigenvalue weighted by Gasteiger charge is -2.26. The predicted molar refractivity (Wildman–Crippen MR) is 91.1 cm³/mol. The van der Waals surface area contributed by atoms with Crippen molar-refractivity contribution in [1.82, 2.24) is 20.2 Å². The zero-order chi connectivity index (χ0) is 16.1. The van der Waals surface area contributed by atoms with Crippen molar-refractivity contribution >= 4 is 17.2 Å². The first kappa shape index (κ1) is 16.1. The zero-order valence-electron chi connectivity index (χ0n) is 13.4. The maximum atomic E-state index is 12.8. The Labute approximate surface area is 140 Å². The minimum atomic E-state index is -0.253. The van der Waals surface area contributed by atoms with E-state index in [0.29, 0.717) is 6.54 Å². The van der Waals surface area contributed by atoms with E-state index in [-0.39, 0.29) is 11.9 Å². The van der Waals surface area contributed by atoms with E-state index in [1.54, 1.807) is 23.7 Å². The van der Waals surface area contributed by atoms with E-state index in [1.165, 1.54) is 0 Å². The lowest BCUT2D eigenvalue weighted by molar-refractivity contribution is -0.126. The highest BCUT2D eigenvalue weighted by Gasteiger charge is 2.29. The third-order valence-electron chi connectivity index (χ3n) is 4.13. The Morgan fingerprint density at radius 3 is 2.91 bits per heavy atom. The summed E-state index contributed by atoms with van der Waals surface area (Å²) in [7, 11) is 0. The molecule has 3 rings (SSSR count). The van der Waals surface area contributed by atoms with Crippen LogP contribution in [0.5, 0.6) is 0 Å². The molecule has 1 N–H and O–H groups in total. The number of rotatable bonds is 6. The van der Waals surface area contributed by atoms with Crippen molar-refractivity contribution in [1.29, 1.82) is 0 Å². The standard InChI is InChI=1S/C17H22N4OS/c1-2-14-12-23-15(20-14)11-19-17(22)16(21-8-3-4-9-21)13-6-5-7-18-10-13/h5-7,10,12,16H,2-4,8-9,11H2,1H3,(H,19,22)/t16-/m0/s1. The molecule has 0 aromatic carbocycles. The third kappa shape index (κ3) is 3.95. The van der Waals surface area contributed by atoms with Gasteiger partial charge in [-0.25, -0.2) is 4.98 Å². The van der Waals surface area contributed by atoms with Crippen LogP contribution in [-0.2, 0) is 17.8 Å². The summed E-state index contributed by atoms with van der Waals surface area (Å²) >= 11 is 1.60. The molecular weight excluding hydrogens is 308 g/mol. The van der Waals surface area contributed by atoms with Crippen molar-refractivity contribution in [3.05, 3.63) is 46.2 Å². The van der Waals surface area contributed by atoms with E-state index in [4.69, 9.17) is 0 Å². The normalized spacial score (nSPS) is 16.4. The summed E-state index contributed by atoms with van der Waals surface area (Å²) in [5, 5.41) is 6.07. The second kappa shape index (κ2) is 7.66. The average Bonchev–Trinajstić information content (AvgIpc) is 3.26. The van der Waals surface area contributed by atoms with Gasteiger partial charge in [0.25, 0.3) is 0 Å². The Kier molecular flexibility index (Phi) is 5.35. The molecule has 0 radical (unpaired) electrons. The van der Waals surface area contributed by atoms with Crippen LogP contribution in [0, 0.1) is 0 Å². The fraction of sp³-hybridized carbons (Fsp3) is 0.471. The van der Waals surface area contributed by atoms with Gasteiger partial charge in [-0.15, -0.1) is 11.3 Å². The predicted octanol–water partition coefficient (Wildman–Crippen LogP) is 2.55. The van der Waals surface area contributed by atoms with Crippen molar-refractivity contribution in [2.24, 2.45) is 0 Å². The van der Waals surface area contributed by atoms with Crippen molar-refractivity contribution < 1.29 is 4.79 Å². The van der Waals surface area contributed by atoms with E-state index < -0.39 is 0 Å². The van der Waals surface area contributed by atoms with Crippen LogP contribution in [0.4, 0.5) is 0 Å². The number of carbonyl (C=O) groups is 1. The number of hydrogen-bond acceptors (Lipinski definition) is 5. The van der Waals surface area contributed by atoms with Gasteiger partial charge in [-0.3, -0.25) is 14.7 Å². The molecule has 3 heterocycles. The van der Waals surface area contributed by atoms with Gasteiger partial charge in [-0.05, 0) is 44.0 Å². The molecule has 122 valence electrons. The first-order chi connectivity index (χ1) is 11.3. The van der Waals surface area contributed by atoms with Gasteiger partial charge in [0.1, 0.15) is 11.0 Å². The molecule has 2 aromatic heterocycles. The molecule has 5 nitrogen and oxygen atoms in total. The fourth-order valence-electron chi connectivity index (χ4n) is 2.92. The summed E-state index contributed by atoms with van der Waals surface area (Å²) in [5.41, 5.74) is 2.04. The molecule has 2 aromatic rings. The number of carbonyl (C=O) groups excluding carboxylic acids is 1. The number of nitrogens with zero attached hydrogens (tertiary/aromatic N) is 3. The van der Waals surface area contributed by atoms with Gasteiger partial charge in [0.15, 0.2) is 0 Å². The van der Waals surface area contributed by atoms with Gasteiger partial charge < -0.3 is 5.32 Å². The Balaban J connectivity index is 1.69. The second-order valence-corrected chi connectivity index (χ2v) is 6.68. The number of aryl methyl sites for hydroxylation is 1. The Morgan fingerprint density at radius 1 is 1.43 bits per heavy atom. The first-order valence-electron chi connectivity index (χ1n) is 8.13. The maximum absolute atomic E-state index is 12.8. The molecule has 0 saturated carbocycles. The molecule has 1 fully saturated rings. The van der Waals surface area contributed by atoms with E-state index in [1.807, 2.05) is 12.1 Å². The number of amides is 1. The SMILES string of the molecule is CCc1csc(CNC(=O)[C@H](c2cccnc2)N2CCCC2)n1. The fourth-order valence-corrected chi connectivity index (χ4v) is 3.73. The number of thiazole rings is 1. The van der Waals surface area contributed by atoms with Crippen LogP contribution in [0.3, 0.4) is 0 Å². The zero-order valence-corrected chi connectivity index (χ0v) is 14.2. The van der Waals surface area contributed by atoms with Crippen LogP contribution in [0.25, 0.3) is 0 Å². The van der Waals surface area contributed by atoms with Crippen LogP contribution in [0.1, 0.15) is 42.1 Å². The summed E-state index contributed by atoms with van der Waals surface area (Å²) < 4.78 is 0. The Hall–Kier alpha value is -1.79. The summed E-state index contributed by atoms with van der Waals surface area (Å²) in [4.78, 5) is 23.7. The second-order valence-electron chi connectivity index (χ2n) is 5.74. The molecular formula is C17H22N4OS. The van der Waals surface area contributed by atoms with Crippen LogP contribution in [-0.4, -0.2) is 33.9 Å². The van der Waals surface area contributed by atoms with Gasteiger partial charge in [-0.1, -0.05) is 13.0 Å². The highest BCUT2D eigenvalue weighted by molar-refractivity contribution is 7.09. The Morgan fingerprint density at radius 2 is 2.26 bits per heavy atom. The van der Waals surface area contributed by atoms with E-state index in [2.05, 4.69) is 32.5 Å². The summed E-state index contributed by atoms with van der Waals surface area (Å²) in [6.45, 7) is 4.51. The summed E-state index contributed by atoms with van der Waals surface area (Å²) in [6.07, 6.45) is 6.76. The van der Waals surface area contributed by atoms with Crippen LogP contribution in [0.15, 0.2) is 29.9 Å². The molecule has 0 aliphatic carbocycles. The minimum Gasteiger partial charge on any atom is -0.348 e. The molecule has 0 bridgehead atoms. The maximum Gasteiger partial charge on any atom is 0.242 e. The van der Waals surface area contributed by atoms with E-state index >= 15 is 0 Å². The quantitative estimate of drug-likeness (QED) is 0.884. The van der Waals surface area contributed by atoms with Crippen LogP contribution in [0.2, 0.25) is 0 Å². The number of hydrogen-bond donors (Lipinski definition) is 1. The molecule has 1 aliphatic rings. The monoisotopic (exact) mass is 330 g/mol. The van der Waals surface area contributed by atoms with E-state index in [0.717, 1.165) is 48.6 Å². The van der Waals surface area contributed by atoms with E-state index in [9.17, 15) is 4.79 Å². The van der Waals surface area contributed by atoms with Crippen molar-refractivity contribution in [2.75, 3.05) is 13.1 Å². The van der Waals surface area contributed by atoms with Crippen LogP contribution >= 0.6 is 11.3 Å². The molecule has 1 saturated heterocycles. The van der Waals surface area contributed by atoms with Gasteiger partial charge in [0, 0.05) is 17.8 Å². The van der Waals surface area contributed by atoms with Crippen molar-refractivity contribution in [3.8, 4) is 0 Å². The number of likely N-dealkylation sites (tertiary alicyclic amines) is 1. The molecule has 23 heavy (non-hydrogen) atoms.